The summed E-state index contributed by atoms with van der Waals surface area (Å²) in [4.78, 5) is 22.4. The molecule has 78 valence electrons. The third-order valence-corrected chi connectivity index (χ3v) is 2.85. The van der Waals surface area contributed by atoms with E-state index in [1.165, 1.54) is 11.5 Å². The molecular weight excluding hydrogens is 262 g/mol. The maximum atomic E-state index is 11.3. The van der Waals surface area contributed by atoms with Crippen LogP contribution in [0.4, 0.5) is 0 Å². The van der Waals surface area contributed by atoms with Gasteiger partial charge in [0.15, 0.2) is 11.4 Å². The number of Topliss-reactive ketones (excluding diaryl/α,β-unsaturated/α-hetero) is 1. The smallest absolute Gasteiger partial charge is 0.408 e. The van der Waals surface area contributed by atoms with Crippen LogP contribution >= 0.6 is 15.9 Å². The molecule has 0 N–H and O–H groups in total. The van der Waals surface area contributed by atoms with E-state index in [4.69, 9.17) is 4.42 Å². The number of halogens is 1. The number of nitrogens with zero attached hydrogens (tertiary/aromatic N) is 1. The summed E-state index contributed by atoms with van der Waals surface area (Å²) in [7, 11) is 1.62. The number of ketones is 1. The van der Waals surface area contributed by atoms with E-state index in [1.54, 1.807) is 19.2 Å². The van der Waals surface area contributed by atoms with Gasteiger partial charge in [0.2, 0.25) is 0 Å². The minimum atomic E-state index is -0.439. The third kappa shape index (κ3) is 1.52. The highest BCUT2D eigenvalue weighted by Gasteiger charge is 2.12. The standard InChI is InChI=1S/C10H8BrNO3/c1-5(13)6-3-7(11)9-8(4-6)15-10(14)12(9)2/h3-4H,1-2H3. The molecule has 1 aromatic carbocycles. The Kier molecular flexibility index (Phi) is 2.26. The van der Waals surface area contributed by atoms with Gasteiger partial charge < -0.3 is 4.42 Å². The Morgan fingerprint density at radius 1 is 1.47 bits per heavy atom. The summed E-state index contributed by atoms with van der Waals surface area (Å²) in [6.07, 6.45) is 0. The predicted octanol–water partition coefficient (Wildman–Crippen LogP) is 2.10. The Morgan fingerprint density at radius 2 is 2.13 bits per heavy atom. The van der Waals surface area contributed by atoms with Crippen LogP contribution in [0.2, 0.25) is 0 Å². The largest absolute Gasteiger partial charge is 0.419 e. The monoisotopic (exact) mass is 269 g/mol. The number of aromatic nitrogens is 1. The number of hydrogen-bond donors (Lipinski definition) is 0. The summed E-state index contributed by atoms with van der Waals surface area (Å²) >= 11 is 3.31. The minimum absolute atomic E-state index is 0.0656. The average molecular weight is 270 g/mol. The van der Waals surface area contributed by atoms with Crippen molar-refractivity contribution in [2.75, 3.05) is 0 Å². The summed E-state index contributed by atoms with van der Waals surface area (Å²) in [6, 6.07) is 3.25. The molecule has 0 spiro atoms. The van der Waals surface area contributed by atoms with Crippen molar-refractivity contribution in [1.29, 1.82) is 0 Å². The third-order valence-electron chi connectivity index (χ3n) is 2.24. The normalized spacial score (nSPS) is 10.9. The van der Waals surface area contributed by atoms with Crippen LogP contribution in [0.3, 0.4) is 0 Å². The molecule has 2 rings (SSSR count). The molecule has 1 heterocycles. The van der Waals surface area contributed by atoms with Crippen molar-refractivity contribution in [2.24, 2.45) is 7.05 Å². The highest BCUT2D eigenvalue weighted by Crippen LogP contribution is 2.24. The van der Waals surface area contributed by atoms with Crippen LogP contribution < -0.4 is 5.76 Å². The van der Waals surface area contributed by atoms with Crippen LogP contribution in [0.15, 0.2) is 25.8 Å². The summed E-state index contributed by atoms with van der Waals surface area (Å²) in [6.45, 7) is 1.47. The SMILES string of the molecule is CC(=O)c1cc(Br)c2c(c1)oc(=O)n2C. The Labute approximate surface area is 93.6 Å². The van der Waals surface area contributed by atoms with Crippen LogP contribution in [0.5, 0.6) is 0 Å². The van der Waals surface area contributed by atoms with Gasteiger partial charge in [0, 0.05) is 17.1 Å². The van der Waals surface area contributed by atoms with Crippen LogP contribution in [0, 0.1) is 0 Å². The first-order chi connectivity index (χ1) is 7.00. The molecule has 0 unspecified atom stereocenters. The molecule has 2 aromatic rings. The molecule has 0 amide bonds. The molecule has 0 fully saturated rings. The Morgan fingerprint density at radius 3 is 2.73 bits per heavy atom. The molecule has 0 atom stereocenters. The van der Waals surface area contributed by atoms with Gasteiger partial charge in [-0.2, -0.15) is 0 Å². The van der Waals surface area contributed by atoms with Crippen molar-refractivity contribution in [1.82, 2.24) is 4.57 Å². The molecule has 0 radical (unpaired) electrons. The lowest BCUT2D eigenvalue weighted by Crippen LogP contribution is -2.08. The average Bonchev–Trinajstić information content (AvgIpc) is 2.42. The van der Waals surface area contributed by atoms with Crippen LogP contribution in [0.25, 0.3) is 11.1 Å². The van der Waals surface area contributed by atoms with Crippen molar-refractivity contribution >= 4 is 32.8 Å². The van der Waals surface area contributed by atoms with Gasteiger partial charge in [-0.25, -0.2) is 4.79 Å². The summed E-state index contributed by atoms with van der Waals surface area (Å²) in [5.74, 6) is -0.504. The maximum absolute atomic E-state index is 11.3. The summed E-state index contributed by atoms with van der Waals surface area (Å²) < 4.78 is 7.07. The fourth-order valence-electron chi connectivity index (χ4n) is 1.43. The van der Waals surface area contributed by atoms with Gasteiger partial charge in [0.25, 0.3) is 0 Å². The van der Waals surface area contributed by atoms with Crippen LogP contribution in [-0.4, -0.2) is 10.4 Å². The quantitative estimate of drug-likeness (QED) is 0.745. The van der Waals surface area contributed by atoms with E-state index < -0.39 is 5.76 Å². The Bertz CT molecular complexity index is 609. The van der Waals surface area contributed by atoms with Gasteiger partial charge >= 0.3 is 5.76 Å². The Hall–Kier alpha value is -1.36. The topological polar surface area (TPSA) is 52.2 Å². The molecule has 0 aliphatic carbocycles. The Balaban J connectivity index is 2.90. The van der Waals surface area contributed by atoms with E-state index in [-0.39, 0.29) is 5.78 Å². The molecule has 1 aromatic heterocycles. The van der Waals surface area contributed by atoms with Crippen LogP contribution in [0.1, 0.15) is 17.3 Å². The number of benzene rings is 1. The molecule has 0 bridgehead atoms. The highest BCUT2D eigenvalue weighted by molar-refractivity contribution is 9.10. The van der Waals surface area contributed by atoms with E-state index >= 15 is 0 Å². The molecule has 5 heteroatoms. The van der Waals surface area contributed by atoms with Crippen molar-refractivity contribution in [3.05, 3.63) is 32.7 Å². The van der Waals surface area contributed by atoms with Crippen molar-refractivity contribution in [3.8, 4) is 0 Å². The lowest BCUT2D eigenvalue weighted by atomic mass is 10.1. The van der Waals surface area contributed by atoms with Gasteiger partial charge in [-0.15, -0.1) is 0 Å². The first-order valence-corrected chi connectivity index (χ1v) is 5.10. The molecular formula is C10H8BrNO3. The molecule has 0 aliphatic heterocycles. The first-order valence-electron chi connectivity index (χ1n) is 4.30. The van der Waals surface area contributed by atoms with Gasteiger partial charge in [0.05, 0.1) is 0 Å². The zero-order chi connectivity index (χ0) is 11.2. The molecule has 4 nitrogen and oxygen atoms in total. The van der Waals surface area contributed by atoms with Gasteiger partial charge in [-0.05, 0) is 35.0 Å². The molecule has 15 heavy (non-hydrogen) atoms. The van der Waals surface area contributed by atoms with Crippen molar-refractivity contribution in [2.45, 2.75) is 6.92 Å². The number of rotatable bonds is 1. The number of fused-ring (bicyclic) bond motifs is 1. The number of oxazole rings is 1. The number of carbonyl (C=O) groups is 1. The van der Waals surface area contributed by atoms with E-state index in [0.29, 0.717) is 21.1 Å². The predicted molar refractivity (Wildman–Crippen MR) is 59.2 cm³/mol. The fraction of sp³-hybridized carbons (Fsp3) is 0.200. The van der Waals surface area contributed by atoms with E-state index in [9.17, 15) is 9.59 Å². The van der Waals surface area contributed by atoms with Gasteiger partial charge in [-0.3, -0.25) is 9.36 Å². The first kappa shape index (κ1) is 10.2. The van der Waals surface area contributed by atoms with Crippen molar-refractivity contribution in [3.63, 3.8) is 0 Å². The zero-order valence-electron chi connectivity index (χ0n) is 8.20. The number of aryl methyl sites for hydroxylation is 1. The maximum Gasteiger partial charge on any atom is 0.419 e. The lowest BCUT2D eigenvalue weighted by Gasteiger charge is -1.99. The van der Waals surface area contributed by atoms with E-state index in [0.717, 1.165) is 0 Å². The summed E-state index contributed by atoms with van der Waals surface area (Å²) in [5, 5.41) is 0. The lowest BCUT2D eigenvalue weighted by molar-refractivity contribution is 0.101. The molecule has 0 saturated heterocycles. The van der Waals surface area contributed by atoms with Gasteiger partial charge in [-0.1, -0.05) is 0 Å². The zero-order valence-corrected chi connectivity index (χ0v) is 9.79. The number of hydrogen-bond acceptors (Lipinski definition) is 3. The fourth-order valence-corrected chi connectivity index (χ4v) is 2.14. The van der Waals surface area contributed by atoms with Gasteiger partial charge in [0.1, 0.15) is 5.52 Å². The molecule has 0 saturated carbocycles. The molecule has 0 aliphatic rings. The summed E-state index contributed by atoms with van der Waals surface area (Å²) in [5.41, 5.74) is 1.59. The van der Waals surface area contributed by atoms with E-state index in [1.807, 2.05) is 0 Å². The second-order valence-electron chi connectivity index (χ2n) is 3.29. The van der Waals surface area contributed by atoms with Crippen molar-refractivity contribution < 1.29 is 9.21 Å². The second-order valence-corrected chi connectivity index (χ2v) is 4.14. The number of carbonyl (C=O) groups excluding carboxylic acids is 1. The highest BCUT2D eigenvalue weighted by atomic mass is 79.9. The second kappa shape index (κ2) is 3.34. The minimum Gasteiger partial charge on any atom is -0.408 e. The van der Waals surface area contributed by atoms with E-state index in [2.05, 4.69) is 15.9 Å². The van der Waals surface area contributed by atoms with Crippen LogP contribution in [-0.2, 0) is 7.05 Å².